The Bertz CT molecular complexity index is 387. The highest BCUT2D eigenvalue weighted by atomic mass is 19.3. The zero-order chi connectivity index (χ0) is 16.5. The number of piperidine rings is 1. The molecule has 2 aliphatic rings. The number of aliphatic hydroxyl groups is 1. The van der Waals surface area contributed by atoms with Crippen LogP contribution >= 0.6 is 0 Å². The molecule has 2 N–H and O–H groups in total. The van der Waals surface area contributed by atoms with Crippen LogP contribution in [0.3, 0.4) is 0 Å². The molecule has 0 aromatic rings. The Hall–Kier alpha value is -0.950. The molecule has 1 amide bonds. The lowest BCUT2D eigenvalue weighted by molar-refractivity contribution is -0.0101. The predicted octanol–water partition coefficient (Wildman–Crippen LogP) is 2.13. The van der Waals surface area contributed by atoms with Crippen molar-refractivity contribution in [2.45, 2.75) is 82.7 Å². The van der Waals surface area contributed by atoms with E-state index in [1.165, 1.54) is 0 Å². The number of fused-ring (bicyclic) bond motifs is 2. The van der Waals surface area contributed by atoms with Crippen molar-refractivity contribution in [1.82, 2.24) is 10.2 Å². The van der Waals surface area contributed by atoms with E-state index in [0.717, 1.165) is 12.8 Å². The van der Waals surface area contributed by atoms with E-state index in [2.05, 4.69) is 5.32 Å². The lowest BCUT2D eigenvalue weighted by Gasteiger charge is -2.40. The number of alkyl halides is 2. The maximum absolute atomic E-state index is 12.3. The van der Waals surface area contributed by atoms with Gasteiger partial charge in [-0.2, -0.15) is 0 Å². The van der Waals surface area contributed by atoms with Crippen LogP contribution in [0.1, 0.15) is 46.5 Å². The zero-order valence-electron chi connectivity index (χ0n) is 13.4. The van der Waals surface area contributed by atoms with Gasteiger partial charge < -0.3 is 20.1 Å². The van der Waals surface area contributed by atoms with E-state index in [1.54, 1.807) is 0 Å². The van der Waals surface area contributed by atoms with E-state index in [-0.39, 0.29) is 30.8 Å². The van der Waals surface area contributed by atoms with E-state index in [4.69, 9.17) is 4.74 Å². The Kier molecular flexibility index (Phi) is 5.27. The molecule has 2 bridgehead atoms. The molecule has 0 aromatic heterocycles. The summed E-state index contributed by atoms with van der Waals surface area (Å²) in [6.07, 6.45) is -1.39. The molecule has 2 aliphatic heterocycles. The largest absolute Gasteiger partial charge is 0.444 e. The van der Waals surface area contributed by atoms with E-state index >= 15 is 0 Å². The van der Waals surface area contributed by atoms with Crippen LogP contribution in [0.25, 0.3) is 0 Å². The summed E-state index contributed by atoms with van der Waals surface area (Å²) in [5.74, 6) is 0. The molecule has 5 nitrogen and oxygen atoms in total. The van der Waals surface area contributed by atoms with Crippen molar-refractivity contribution in [3.8, 4) is 0 Å². The SMILES string of the molecule is CC(C)(C)OC(=O)N1C2CCC1CC(NCC(O)C(F)F)C2. The van der Waals surface area contributed by atoms with Crippen LogP contribution < -0.4 is 5.32 Å². The normalized spacial score (nSPS) is 29.8. The number of ether oxygens (including phenoxy) is 1. The Morgan fingerprint density at radius 2 is 1.86 bits per heavy atom. The van der Waals surface area contributed by atoms with E-state index in [9.17, 15) is 18.7 Å². The van der Waals surface area contributed by atoms with Crippen LogP contribution in [0.2, 0.25) is 0 Å². The zero-order valence-corrected chi connectivity index (χ0v) is 13.4. The number of aliphatic hydroxyl groups excluding tert-OH is 1. The van der Waals surface area contributed by atoms with Gasteiger partial charge in [0.05, 0.1) is 0 Å². The first-order chi connectivity index (χ1) is 10.2. The van der Waals surface area contributed by atoms with Crippen LogP contribution in [-0.4, -0.2) is 58.9 Å². The monoisotopic (exact) mass is 320 g/mol. The molecule has 22 heavy (non-hydrogen) atoms. The van der Waals surface area contributed by atoms with Crippen LogP contribution in [0.15, 0.2) is 0 Å². The van der Waals surface area contributed by atoms with Crippen LogP contribution in [0.5, 0.6) is 0 Å². The second kappa shape index (κ2) is 6.66. The third-order valence-electron chi connectivity index (χ3n) is 4.24. The molecule has 2 rings (SSSR count). The minimum Gasteiger partial charge on any atom is -0.444 e. The first kappa shape index (κ1) is 17.4. The van der Waals surface area contributed by atoms with Gasteiger partial charge in [0.15, 0.2) is 0 Å². The third-order valence-corrected chi connectivity index (χ3v) is 4.24. The molecule has 3 unspecified atom stereocenters. The summed E-state index contributed by atoms with van der Waals surface area (Å²) < 4.78 is 30.1. The summed E-state index contributed by atoms with van der Waals surface area (Å²) >= 11 is 0. The van der Waals surface area contributed by atoms with Gasteiger partial charge >= 0.3 is 6.09 Å². The smallest absolute Gasteiger partial charge is 0.410 e. The number of nitrogens with zero attached hydrogens (tertiary/aromatic N) is 1. The molecule has 2 fully saturated rings. The summed E-state index contributed by atoms with van der Waals surface area (Å²) in [7, 11) is 0. The number of amides is 1. The number of carbonyl (C=O) groups is 1. The van der Waals surface area contributed by atoms with Gasteiger partial charge in [0.2, 0.25) is 0 Å². The first-order valence-corrected chi connectivity index (χ1v) is 7.88. The molecule has 128 valence electrons. The number of rotatable bonds is 4. The van der Waals surface area contributed by atoms with E-state index in [1.807, 2.05) is 25.7 Å². The quantitative estimate of drug-likeness (QED) is 0.833. The molecule has 0 aromatic carbocycles. The van der Waals surface area contributed by atoms with E-state index in [0.29, 0.717) is 12.8 Å². The molecule has 0 spiro atoms. The fourth-order valence-corrected chi connectivity index (χ4v) is 3.33. The second-order valence-corrected chi connectivity index (χ2v) is 7.25. The average molecular weight is 320 g/mol. The topological polar surface area (TPSA) is 61.8 Å². The second-order valence-electron chi connectivity index (χ2n) is 7.25. The minimum atomic E-state index is -2.73. The number of hydrogen-bond acceptors (Lipinski definition) is 4. The maximum Gasteiger partial charge on any atom is 0.410 e. The van der Waals surface area contributed by atoms with Gasteiger partial charge in [-0.3, -0.25) is 0 Å². The number of halogens is 2. The molecule has 7 heteroatoms. The Balaban J connectivity index is 1.88. The fourth-order valence-electron chi connectivity index (χ4n) is 3.33. The van der Waals surface area contributed by atoms with Gasteiger partial charge in [0.25, 0.3) is 6.43 Å². The summed E-state index contributed by atoms with van der Waals surface area (Å²) in [6.45, 7) is 5.40. The molecule has 2 saturated heterocycles. The third kappa shape index (κ3) is 4.29. The van der Waals surface area contributed by atoms with Crippen molar-refractivity contribution in [3.63, 3.8) is 0 Å². The van der Waals surface area contributed by atoms with Gasteiger partial charge in [0.1, 0.15) is 11.7 Å². The van der Waals surface area contributed by atoms with Crippen molar-refractivity contribution < 1.29 is 23.4 Å². The van der Waals surface area contributed by atoms with Crippen LogP contribution in [0, 0.1) is 0 Å². The molecular weight excluding hydrogens is 294 g/mol. The molecule has 0 aliphatic carbocycles. The van der Waals surface area contributed by atoms with Crippen molar-refractivity contribution >= 4 is 6.09 Å². The number of nitrogens with one attached hydrogen (secondary N) is 1. The van der Waals surface area contributed by atoms with Crippen LogP contribution in [0.4, 0.5) is 13.6 Å². The molecule has 2 heterocycles. The number of carbonyl (C=O) groups excluding carboxylic acids is 1. The van der Waals surface area contributed by atoms with Crippen molar-refractivity contribution in [2.75, 3.05) is 6.54 Å². The van der Waals surface area contributed by atoms with Crippen molar-refractivity contribution in [2.24, 2.45) is 0 Å². The molecule has 3 atom stereocenters. The van der Waals surface area contributed by atoms with Gasteiger partial charge in [-0.05, 0) is 46.5 Å². The van der Waals surface area contributed by atoms with Crippen molar-refractivity contribution in [3.05, 3.63) is 0 Å². The van der Waals surface area contributed by atoms with Crippen molar-refractivity contribution in [1.29, 1.82) is 0 Å². The summed E-state index contributed by atoms with van der Waals surface area (Å²) in [6, 6.07) is 0.245. The molecule has 0 saturated carbocycles. The highest BCUT2D eigenvalue weighted by Gasteiger charge is 2.44. The minimum absolute atomic E-state index is 0.0598. The predicted molar refractivity (Wildman–Crippen MR) is 77.9 cm³/mol. The number of hydrogen-bond donors (Lipinski definition) is 2. The van der Waals surface area contributed by atoms with Gasteiger partial charge in [-0.25, -0.2) is 13.6 Å². The first-order valence-electron chi connectivity index (χ1n) is 7.88. The van der Waals surface area contributed by atoms with E-state index < -0.39 is 18.1 Å². The Morgan fingerprint density at radius 3 is 2.32 bits per heavy atom. The van der Waals surface area contributed by atoms with Gasteiger partial charge in [-0.1, -0.05) is 0 Å². The molecular formula is C15H26F2N2O3. The lowest BCUT2D eigenvalue weighted by Crippen LogP contribution is -2.53. The summed E-state index contributed by atoms with van der Waals surface area (Å²) in [5.41, 5.74) is -0.521. The summed E-state index contributed by atoms with van der Waals surface area (Å²) in [4.78, 5) is 14.1. The average Bonchev–Trinajstić information content (AvgIpc) is 2.65. The maximum atomic E-state index is 12.3. The van der Waals surface area contributed by atoms with Gasteiger partial charge in [0, 0.05) is 24.7 Å². The standard InChI is InChI=1S/C15H26F2N2O3/c1-15(2,3)22-14(21)19-10-4-5-11(19)7-9(6-10)18-8-12(20)13(16)17/h9-13,18,20H,4-8H2,1-3H3. The highest BCUT2D eigenvalue weighted by Crippen LogP contribution is 2.36. The fraction of sp³-hybridized carbons (Fsp3) is 0.933. The van der Waals surface area contributed by atoms with Gasteiger partial charge in [-0.15, -0.1) is 0 Å². The Morgan fingerprint density at radius 1 is 1.32 bits per heavy atom. The lowest BCUT2D eigenvalue weighted by atomic mass is 9.97. The highest BCUT2D eigenvalue weighted by molar-refractivity contribution is 5.69. The molecule has 0 radical (unpaired) electrons. The summed E-state index contributed by atoms with van der Waals surface area (Å²) in [5, 5.41) is 12.2. The Labute approximate surface area is 130 Å². The van der Waals surface area contributed by atoms with Crippen LogP contribution in [-0.2, 0) is 4.74 Å².